The van der Waals surface area contributed by atoms with Crippen molar-refractivity contribution in [3.05, 3.63) is 11.8 Å². The molecule has 0 saturated heterocycles. The maximum absolute atomic E-state index is 6.59. The second-order valence-electron chi connectivity index (χ2n) is 11.3. The van der Waals surface area contributed by atoms with E-state index < -0.39 is 0 Å². The Kier molecular flexibility index (Phi) is 9.48. The average molecular weight is 388 g/mol. The second kappa shape index (κ2) is 11.1. The van der Waals surface area contributed by atoms with Crippen LogP contribution in [0.1, 0.15) is 93.9 Å². The Labute approximate surface area is 177 Å². The lowest BCUT2D eigenvalue weighted by Crippen LogP contribution is -2.36. The molecule has 2 fully saturated rings. The van der Waals surface area contributed by atoms with E-state index >= 15 is 0 Å². The summed E-state index contributed by atoms with van der Waals surface area (Å²) in [7, 11) is 0. The lowest BCUT2D eigenvalue weighted by atomic mass is 9.48. The van der Waals surface area contributed by atoms with Gasteiger partial charge in [-0.1, -0.05) is 60.5 Å². The molecule has 2 aliphatic rings. The van der Waals surface area contributed by atoms with Crippen molar-refractivity contribution in [2.45, 2.75) is 107 Å². The minimum Gasteiger partial charge on any atom is -0.564 e. The quantitative estimate of drug-likeness (QED) is 0.300. The zero-order valence-electron chi connectivity index (χ0n) is 20.3. The van der Waals surface area contributed by atoms with Crippen LogP contribution in [0, 0.1) is 47.3 Å². The van der Waals surface area contributed by atoms with E-state index in [-0.39, 0.29) is 0 Å². The van der Waals surface area contributed by atoms with Crippen molar-refractivity contribution in [2.24, 2.45) is 47.3 Å². The summed E-state index contributed by atoms with van der Waals surface area (Å²) in [5, 5.41) is 0. The van der Waals surface area contributed by atoms with E-state index in [1.54, 1.807) is 0 Å². The fourth-order valence-corrected chi connectivity index (χ4v) is 6.54. The summed E-state index contributed by atoms with van der Waals surface area (Å²) in [4.78, 5) is 0. The van der Waals surface area contributed by atoms with Gasteiger partial charge in [-0.05, 0) is 99.5 Å². The Morgan fingerprint density at radius 1 is 0.857 bits per heavy atom. The third-order valence-electron chi connectivity index (χ3n) is 8.21. The summed E-state index contributed by atoms with van der Waals surface area (Å²) in [6, 6.07) is 0. The first-order valence-corrected chi connectivity index (χ1v) is 12.5. The molecular weight excluding hydrogens is 339 g/mol. The molecule has 0 aliphatic heterocycles. The van der Waals surface area contributed by atoms with Crippen molar-refractivity contribution in [1.29, 1.82) is 0 Å². The summed E-state index contributed by atoms with van der Waals surface area (Å²) < 4.78 is 6.59. The van der Waals surface area contributed by atoms with Gasteiger partial charge in [0, 0.05) is 0 Å². The van der Waals surface area contributed by atoms with Crippen LogP contribution >= 0.6 is 0 Å². The van der Waals surface area contributed by atoms with Gasteiger partial charge in [0.15, 0.2) is 0 Å². The predicted octanol–water partition coefficient (Wildman–Crippen LogP) is 8.34. The largest absolute Gasteiger partial charge is 0.564 e. The predicted molar refractivity (Wildman–Crippen MR) is 126 cm³/mol. The zero-order chi connectivity index (χ0) is 20.8. The van der Waals surface area contributed by atoms with Gasteiger partial charge in [-0.2, -0.15) is 0 Å². The lowest BCUT2D eigenvalue weighted by molar-refractivity contribution is 0.145. The van der Waals surface area contributed by atoms with Gasteiger partial charge in [-0.25, -0.2) is 0 Å². The molecule has 0 radical (unpaired) electrons. The molecule has 0 unspecified atom stereocenters. The molecule has 162 valence electrons. The van der Waals surface area contributed by atoms with E-state index in [1.807, 2.05) is 0 Å². The highest BCUT2D eigenvalue weighted by atomic mass is 16.4. The van der Waals surface area contributed by atoms with Gasteiger partial charge < -0.3 is 4.65 Å². The molecule has 2 aliphatic carbocycles. The molecule has 2 rings (SSSR count). The molecule has 0 N–H and O–H groups in total. The molecule has 0 amide bonds. The van der Waals surface area contributed by atoms with Crippen LogP contribution < -0.4 is 0 Å². The maximum Gasteiger partial charge on any atom is 0.357 e. The lowest BCUT2D eigenvalue weighted by Gasteiger charge is -2.41. The van der Waals surface area contributed by atoms with Crippen LogP contribution in [0.5, 0.6) is 0 Å². The molecule has 0 aromatic rings. The number of rotatable bonds is 8. The molecule has 0 spiro atoms. The van der Waals surface area contributed by atoms with Gasteiger partial charge in [-0.15, -0.1) is 0 Å². The van der Waals surface area contributed by atoms with Crippen LogP contribution in [-0.2, 0) is 4.65 Å². The van der Waals surface area contributed by atoms with E-state index in [9.17, 15) is 0 Å². The first-order chi connectivity index (χ1) is 13.2. The van der Waals surface area contributed by atoms with Crippen LogP contribution in [-0.4, -0.2) is 6.92 Å². The van der Waals surface area contributed by atoms with E-state index in [0.29, 0.717) is 6.92 Å². The Morgan fingerprint density at radius 3 is 1.64 bits per heavy atom. The number of hydrogen-bond donors (Lipinski definition) is 0. The van der Waals surface area contributed by atoms with Crippen molar-refractivity contribution < 1.29 is 4.65 Å². The number of allylic oxidation sites excluding steroid dienone is 2. The van der Waals surface area contributed by atoms with E-state index in [0.717, 1.165) is 53.1 Å². The van der Waals surface area contributed by atoms with E-state index in [2.05, 4.69) is 61.5 Å². The first kappa shape index (κ1) is 23.9. The molecule has 0 aromatic carbocycles. The summed E-state index contributed by atoms with van der Waals surface area (Å²) in [6.07, 6.45) is 13.2. The molecule has 28 heavy (non-hydrogen) atoms. The van der Waals surface area contributed by atoms with Crippen molar-refractivity contribution in [2.75, 3.05) is 0 Å². The highest BCUT2D eigenvalue weighted by molar-refractivity contribution is 6.52. The SMILES string of the molecule is C/C=C(/C)OB(C[C@H]1C[C@H](C)CC[C@H]1C(C)C)C[C@H]1C[C@H](C)CC[C@H]1C(C)C. The monoisotopic (exact) mass is 388 g/mol. The topological polar surface area (TPSA) is 9.23 Å². The van der Waals surface area contributed by atoms with Gasteiger partial charge >= 0.3 is 6.92 Å². The van der Waals surface area contributed by atoms with Crippen molar-refractivity contribution in [3.63, 3.8) is 0 Å². The van der Waals surface area contributed by atoms with Gasteiger partial charge in [0.25, 0.3) is 0 Å². The minimum atomic E-state index is 0.407. The van der Waals surface area contributed by atoms with Crippen LogP contribution in [0.3, 0.4) is 0 Å². The van der Waals surface area contributed by atoms with Crippen LogP contribution in [0.25, 0.3) is 0 Å². The standard InChI is InChI=1S/C26H49BO/c1-9-22(8)28-27(16-23-14-20(6)10-12-25(23)18(2)3)17-24-15-21(7)11-13-26(24)19(4)5/h9,18-21,23-26H,10-17H2,1-8H3/b22-9-/t20-,21-,23-,24-,25+,26+/m1/s1. The maximum atomic E-state index is 6.59. The van der Waals surface area contributed by atoms with Crippen LogP contribution in [0.2, 0.25) is 12.6 Å². The Hall–Kier alpha value is -0.395. The van der Waals surface area contributed by atoms with Crippen molar-refractivity contribution in [3.8, 4) is 0 Å². The molecule has 0 heterocycles. The zero-order valence-corrected chi connectivity index (χ0v) is 20.3. The Bertz CT molecular complexity index is 449. The van der Waals surface area contributed by atoms with Gasteiger partial charge in [0.05, 0.1) is 5.76 Å². The van der Waals surface area contributed by atoms with Gasteiger partial charge in [0.1, 0.15) is 0 Å². The van der Waals surface area contributed by atoms with Gasteiger partial charge in [0.2, 0.25) is 0 Å². The molecular formula is C26H49BO. The highest BCUT2D eigenvalue weighted by Gasteiger charge is 2.38. The van der Waals surface area contributed by atoms with Crippen LogP contribution in [0.15, 0.2) is 11.8 Å². The third kappa shape index (κ3) is 6.84. The average Bonchev–Trinajstić information content (AvgIpc) is 2.61. The molecule has 2 saturated carbocycles. The summed E-state index contributed by atoms with van der Waals surface area (Å²) >= 11 is 0. The van der Waals surface area contributed by atoms with Crippen molar-refractivity contribution >= 4 is 6.92 Å². The summed E-state index contributed by atoms with van der Waals surface area (Å²) in [6.45, 7) is 19.4. The van der Waals surface area contributed by atoms with Crippen molar-refractivity contribution in [1.82, 2.24) is 0 Å². The summed E-state index contributed by atoms with van der Waals surface area (Å²) in [5.41, 5.74) is 0. The molecule has 0 aromatic heterocycles. The van der Waals surface area contributed by atoms with Crippen LogP contribution in [0.4, 0.5) is 0 Å². The van der Waals surface area contributed by atoms with Gasteiger partial charge in [-0.3, -0.25) is 0 Å². The van der Waals surface area contributed by atoms with E-state index in [4.69, 9.17) is 4.65 Å². The fraction of sp³-hybridized carbons (Fsp3) is 0.923. The fourth-order valence-electron chi connectivity index (χ4n) is 6.54. The normalized spacial score (nSPS) is 34.7. The molecule has 2 heteroatoms. The number of hydrogen-bond acceptors (Lipinski definition) is 1. The molecule has 0 bridgehead atoms. The molecule has 6 atom stereocenters. The Balaban J connectivity index is 2.13. The van der Waals surface area contributed by atoms with E-state index in [1.165, 1.54) is 51.2 Å². The first-order valence-electron chi connectivity index (χ1n) is 12.5. The Morgan fingerprint density at radius 2 is 1.29 bits per heavy atom. The third-order valence-corrected chi connectivity index (χ3v) is 8.21. The minimum absolute atomic E-state index is 0.407. The highest BCUT2D eigenvalue weighted by Crippen LogP contribution is 2.44. The molecule has 1 nitrogen and oxygen atoms in total. The summed E-state index contributed by atoms with van der Waals surface area (Å²) in [5.74, 6) is 7.98. The second-order valence-corrected chi connectivity index (χ2v) is 11.3. The smallest absolute Gasteiger partial charge is 0.357 e.